The molecule has 1 atom stereocenters. The van der Waals surface area contributed by atoms with E-state index in [1.165, 1.54) is 0 Å². The number of hydrogen-bond donors (Lipinski definition) is 0. The largest absolute Gasteiger partial charge is 0.330 e. The van der Waals surface area contributed by atoms with E-state index in [2.05, 4.69) is 11.1 Å². The fraction of sp³-hybridized carbons (Fsp3) is 0.118. The van der Waals surface area contributed by atoms with Gasteiger partial charge in [0.05, 0.1) is 22.1 Å². The number of para-hydroxylation sites is 2. The molecule has 2 aromatic carbocycles. The first-order valence-corrected chi connectivity index (χ1v) is 7.11. The Morgan fingerprint density at radius 1 is 1.23 bits per heavy atom. The highest BCUT2D eigenvalue weighted by Gasteiger charge is 2.28. The van der Waals surface area contributed by atoms with Crippen molar-refractivity contribution in [1.29, 1.82) is 5.26 Å². The number of hydrogen-bond acceptors (Lipinski definition) is 3. The van der Waals surface area contributed by atoms with Gasteiger partial charge in [0.2, 0.25) is 0 Å². The third kappa shape index (κ3) is 2.26. The summed E-state index contributed by atoms with van der Waals surface area (Å²) < 4.78 is 1.78. The molecule has 0 aliphatic rings. The second kappa shape index (κ2) is 5.63. The van der Waals surface area contributed by atoms with Crippen LogP contribution in [0.5, 0.6) is 0 Å². The number of aryl methyl sites for hydroxylation is 1. The number of benzene rings is 2. The Kier molecular flexibility index (Phi) is 3.66. The van der Waals surface area contributed by atoms with Crippen molar-refractivity contribution >= 4 is 28.4 Å². The van der Waals surface area contributed by atoms with Crippen molar-refractivity contribution in [2.24, 2.45) is 7.05 Å². The smallest absolute Gasteiger partial charge is 0.189 e. The molecule has 108 valence electrons. The van der Waals surface area contributed by atoms with Gasteiger partial charge >= 0.3 is 0 Å². The average Bonchev–Trinajstić information content (AvgIpc) is 2.86. The van der Waals surface area contributed by atoms with Gasteiger partial charge in [-0.2, -0.15) is 5.26 Å². The standard InChI is InChI=1S/C17H12ClN3O/c1-21-15-9-5-4-8-14(15)20-17(21)12(10-19)16(22)11-6-2-3-7-13(11)18/h2-9,12H,1H3. The fourth-order valence-corrected chi connectivity index (χ4v) is 2.70. The zero-order valence-corrected chi connectivity index (χ0v) is 12.6. The summed E-state index contributed by atoms with van der Waals surface area (Å²) in [5, 5.41) is 9.82. The van der Waals surface area contributed by atoms with E-state index >= 15 is 0 Å². The Hall–Kier alpha value is -2.64. The number of ketones is 1. The number of rotatable bonds is 3. The minimum absolute atomic E-state index is 0.336. The molecule has 1 heterocycles. The normalized spacial score (nSPS) is 12.0. The summed E-state index contributed by atoms with van der Waals surface area (Å²) >= 11 is 6.07. The summed E-state index contributed by atoms with van der Waals surface area (Å²) in [6.45, 7) is 0. The van der Waals surface area contributed by atoms with Gasteiger partial charge < -0.3 is 4.57 Å². The van der Waals surface area contributed by atoms with Crippen molar-refractivity contribution in [3.8, 4) is 6.07 Å². The van der Waals surface area contributed by atoms with Gasteiger partial charge in [-0.25, -0.2) is 4.98 Å². The van der Waals surface area contributed by atoms with Gasteiger partial charge in [0.15, 0.2) is 11.7 Å². The van der Waals surface area contributed by atoms with E-state index in [0.717, 1.165) is 11.0 Å². The Morgan fingerprint density at radius 3 is 2.59 bits per heavy atom. The predicted molar refractivity (Wildman–Crippen MR) is 84.9 cm³/mol. The highest BCUT2D eigenvalue weighted by atomic mass is 35.5. The summed E-state index contributed by atoms with van der Waals surface area (Å²) in [5.41, 5.74) is 1.97. The van der Waals surface area contributed by atoms with E-state index in [-0.39, 0.29) is 5.78 Å². The lowest BCUT2D eigenvalue weighted by Gasteiger charge is -2.09. The van der Waals surface area contributed by atoms with E-state index in [0.29, 0.717) is 16.4 Å². The van der Waals surface area contributed by atoms with Crippen LogP contribution in [0.25, 0.3) is 11.0 Å². The summed E-state index contributed by atoms with van der Waals surface area (Å²) in [6, 6.07) is 16.3. The molecule has 1 aromatic heterocycles. The summed E-state index contributed by atoms with van der Waals surface area (Å²) in [4.78, 5) is 17.1. The predicted octanol–water partition coefficient (Wildman–Crippen LogP) is 3.72. The maximum absolute atomic E-state index is 12.7. The van der Waals surface area contributed by atoms with Gasteiger partial charge in [-0.1, -0.05) is 35.9 Å². The van der Waals surface area contributed by atoms with E-state index in [4.69, 9.17) is 11.6 Å². The first kappa shape index (κ1) is 14.3. The second-order valence-electron chi connectivity index (χ2n) is 4.92. The maximum Gasteiger partial charge on any atom is 0.189 e. The molecule has 0 amide bonds. The number of imidazole rings is 1. The summed E-state index contributed by atoms with van der Waals surface area (Å²) in [6.07, 6.45) is 0. The zero-order valence-electron chi connectivity index (χ0n) is 11.8. The Bertz CT molecular complexity index is 908. The number of carbonyl (C=O) groups is 1. The molecule has 1 unspecified atom stereocenters. The molecule has 0 bridgehead atoms. The van der Waals surface area contributed by atoms with Crippen LogP contribution in [0.3, 0.4) is 0 Å². The first-order valence-electron chi connectivity index (χ1n) is 6.73. The summed E-state index contributed by atoms with van der Waals surface area (Å²) in [7, 11) is 1.80. The number of halogens is 1. The van der Waals surface area contributed by atoms with Crippen molar-refractivity contribution in [3.63, 3.8) is 0 Å². The molecule has 0 fully saturated rings. The Labute approximate surface area is 132 Å². The van der Waals surface area contributed by atoms with Crippen LogP contribution >= 0.6 is 11.6 Å². The van der Waals surface area contributed by atoms with Gasteiger partial charge in [-0.05, 0) is 24.3 Å². The Balaban J connectivity index is 2.11. The fourth-order valence-electron chi connectivity index (χ4n) is 2.47. The lowest BCUT2D eigenvalue weighted by molar-refractivity contribution is 0.0975. The molecule has 3 aromatic rings. The van der Waals surface area contributed by atoms with Crippen LogP contribution in [0.15, 0.2) is 48.5 Å². The van der Waals surface area contributed by atoms with Crippen LogP contribution in [-0.4, -0.2) is 15.3 Å². The molecule has 0 saturated carbocycles. The molecule has 0 N–H and O–H groups in total. The number of aromatic nitrogens is 2. The van der Waals surface area contributed by atoms with Crippen molar-refractivity contribution in [1.82, 2.24) is 9.55 Å². The van der Waals surface area contributed by atoms with Crippen LogP contribution < -0.4 is 0 Å². The van der Waals surface area contributed by atoms with Crippen LogP contribution in [0.2, 0.25) is 5.02 Å². The van der Waals surface area contributed by atoms with Gasteiger partial charge in [-0.3, -0.25) is 4.79 Å². The molecule has 5 heteroatoms. The molecule has 0 saturated heterocycles. The molecule has 4 nitrogen and oxygen atoms in total. The lowest BCUT2D eigenvalue weighted by atomic mass is 9.98. The van der Waals surface area contributed by atoms with Crippen molar-refractivity contribution < 1.29 is 4.79 Å². The number of fused-ring (bicyclic) bond motifs is 1. The number of nitriles is 1. The highest BCUT2D eigenvalue weighted by molar-refractivity contribution is 6.34. The van der Waals surface area contributed by atoms with Crippen molar-refractivity contribution in [2.75, 3.05) is 0 Å². The topological polar surface area (TPSA) is 58.7 Å². The Morgan fingerprint density at radius 2 is 1.91 bits per heavy atom. The molecule has 0 spiro atoms. The minimum atomic E-state index is -0.989. The van der Waals surface area contributed by atoms with Crippen LogP contribution in [-0.2, 0) is 7.05 Å². The monoisotopic (exact) mass is 309 g/mol. The minimum Gasteiger partial charge on any atom is -0.330 e. The maximum atomic E-state index is 12.7. The van der Waals surface area contributed by atoms with Crippen molar-refractivity contribution in [3.05, 3.63) is 64.9 Å². The van der Waals surface area contributed by atoms with Crippen LogP contribution in [0.4, 0.5) is 0 Å². The van der Waals surface area contributed by atoms with Crippen LogP contribution in [0.1, 0.15) is 22.1 Å². The molecule has 3 rings (SSSR count). The SMILES string of the molecule is Cn1c(C(C#N)C(=O)c2ccccc2Cl)nc2ccccc21. The van der Waals surface area contributed by atoms with Crippen molar-refractivity contribution in [2.45, 2.75) is 5.92 Å². The first-order chi connectivity index (χ1) is 10.6. The summed E-state index contributed by atoms with van der Waals surface area (Å²) in [5.74, 6) is -0.905. The van der Waals surface area contributed by atoms with Gasteiger partial charge in [0, 0.05) is 12.6 Å². The van der Waals surface area contributed by atoms with Gasteiger partial charge in [0.25, 0.3) is 0 Å². The number of Topliss-reactive ketones (excluding diaryl/α,β-unsaturated/α-hetero) is 1. The molecule has 0 radical (unpaired) electrons. The number of carbonyl (C=O) groups excluding carboxylic acids is 1. The molecule has 0 aliphatic carbocycles. The molecular formula is C17H12ClN3O. The van der Waals surface area contributed by atoms with Gasteiger partial charge in [-0.15, -0.1) is 0 Å². The van der Waals surface area contributed by atoms with E-state index in [1.54, 1.807) is 35.9 Å². The van der Waals surface area contributed by atoms with Crippen LogP contribution in [0, 0.1) is 11.3 Å². The molecular weight excluding hydrogens is 298 g/mol. The molecule has 22 heavy (non-hydrogen) atoms. The van der Waals surface area contributed by atoms with E-state index in [9.17, 15) is 10.1 Å². The molecule has 0 aliphatic heterocycles. The lowest BCUT2D eigenvalue weighted by Crippen LogP contribution is -2.16. The number of nitrogens with zero attached hydrogens (tertiary/aromatic N) is 3. The quantitative estimate of drug-likeness (QED) is 0.693. The van der Waals surface area contributed by atoms with E-state index < -0.39 is 5.92 Å². The third-order valence-electron chi connectivity index (χ3n) is 3.61. The van der Waals surface area contributed by atoms with Gasteiger partial charge in [0.1, 0.15) is 5.82 Å². The average molecular weight is 310 g/mol. The second-order valence-corrected chi connectivity index (χ2v) is 5.33. The third-order valence-corrected chi connectivity index (χ3v) is 3.94. The highest BCUT2D eigenvalue weighted by Crippen LogP contribution is 2.26. The van der Waals surface area contributed by atoms with E-state index in [1.807, 2.05) is 24.3 Å². The zero-order chi connectivity index (χ0) is 15.7.